The molecule has 0 N–H and O–H groups in total. The first-order valence-corrected chi connectivity index (χ1v) is 3.34. The molecule has 0 unspecified atom stereocenters. The van der Waals surface area contributed by atoms with Gasteiger partial charge in [0.05, 0.1) is 0 Å². The van der Waals surface area contributed by atoms with Gasteiger partial charge in [0.15, 0.2) is 0 Å². The monoisotopic (exact) mass is 241 g/mol. The minimum atomic E-state index is -4.08. The molecule has 0 aliphatic heterocycles. The first-order chi connectivity index (χ1) is 1.73. The van der Waals surface area contributed by atoms with E-state index in [4.69, 9.17) is 10.5 Å². The fourth-order valence-electron chi connectivity index (χ4n) is 0. The molecule has 0 fully saturated rings. The van der Waals surface area contributed by atoms with Crippen molar-refractivity contribution in [3.63, 3.8) is 0 Å². The number of hydrogen-bond acceptors (Lipinski definition) is 3. The van der Waals surface area contributed by atoms with Gasteiger partial charge in [-0.05, 0) is 0 Å². The van der Waals surface area contributed by atoms with Gasteiger partial charge in [0, 0.05) is 0 Å². The molecule has 0 saturated carbocycles. The molecule has 0 aliphatic carbocycles. The van der Waals surface area contributed by atoms with Gasteiger partial charge in [-0.25, -0.2) is 0 Å². The molecular weight excluding hydrogens is 240 g/mol. The molecule has 3 nitrogen and oxygen atoms in total. The van der Waals surface area contributed by atoms with Gasteiger partial charge in [-0.1, -0.05) is 0 Å². The second kappa shape index (κ2) is 1.38. The molecule has 0 spiro atoms. The van der Waals surface area contributed by atoms with Gasteiger partial charge < -0.3 is 0 Å². The van der Waals surface area contributed by atoms with Gasteiger partial charge in [0.1, 0.15) is 0 Å². The van der Waals surface area contributed by atoms with Crippen molar-refractivity contribution < 1.29 is 26.9 Å². The van der Waals surface area contributed by atoms with E-state index < -0.39 is 16.4 Å². The van der Waals surface area contributed by atoms with E-state index >= 15 is 0 Å². The van der Waals surface area contributed by atoms with E-state index in [2.05, 4.69) is 0 Å². The van der Waals surface area contributed by atoms with Crippen LogP contribution in [0, 0.1) is 0 Å². The fraction of sp³-hybridized carbons (Fsp3) is 0. The summed E-state index contributed by atoms with van der Waals surface area (Å²) in [5, 5.41) is 0. The Morgan fingerprint density at radius 1 is 1.00 bits per heavy atom. The molecule has 4 heavy (non-hydrogen) atoms. The van der Waals surface area contributed by atoms with E-state index in [0.717, 1.165) is 0 Å². The Balaban J connectivity index is 4.65. The minimum absolute atomic E-state index is 4.08. The van der Waals surface area contributed by atoms with Crippen molar-refractivity contribution >= 4 is 0 Å². The first-order valence-electron chi connectivity index (χ1n) is 0.408. The topological polar surface area (TPSA) is 51.2 Å². The van der Waals surface area contributed by atoms with Crippen LogP contribution in [0.1, 0.15) is 0 Å². The van der Waals surface area contributed by atoms with Crippen molar-refractivity contribution in [3.05, 3.63) is 0 Å². The van der Waals surface area contributed by atoms with E-state index in [1.807, 2.05) is 0 Å². The van der Waals surface area contributed by atoms with Gasteiger partial charge >= 0.3 is 26.9 Å². The summed E-state index contributed by atoms with van der Waals surface area (Å²) >= 11 is -4.08. The third-order valence-electron chi connectivity index (χ3n) is 0. The van der Waals surface area contributed by atoms with Crippen molar-refractivity contribution in [2.45, 2.75) is 0 Å². The standard InChI is InChI=1S/Ir.3O. The molecule has 0 aliphatic rings. The van der Waals surface area contributed by atoms with Crippen LogP contribution in [0.4, 0.5) is 0 Å². The summed E-state index contributed by atoms with van der Waals surface area (Å²) in [6, 6.07) is 0. The first kappa shape index (κ1) is 4.05. The van der Waals surface area contributed by atoms with Gasteiger partial charge in [-0.2, -0.15) is 0 Å². The molecule has 0 aromatic rings. The molecule has 0 atom stereocenters. The predicted molar refractivity (Wildman–Crippen MR) is 2.06 cm³/mol. The Labute approximate surface area is 27.6 Å². The maximum atomic E-state index is 8.58. The average molecular weight is 240 g/mol. The quantitative estimate of drug-likeness (QED) is 0.581. The molecule has 0 aromatic heterocycles. The number of hydrogen-bond donors (Lipinski definition) is 0. The summed E-state index contributed by atoms with van der Waals surface area (Å²) in [7, 11) is 0. The SMILES string of the molecule is [O]=[Ir](=[O])=[O]. The number of rotatable bonds is 0. The molecule has 0 heterocycles. The Hall–Kier alpha value is 0.0494. The van der Waals surface area contributed by atoms with Crippen molar-refractivity contribution in [2.75, 3.05) is 0 Å². The van der Waals surface area contributed by atoms with Crippen molar-refractivity contribution in [1.82, 2.24) is 0 Å². The van der Waals surface area contributed by atoms with Crippen LogP contribution >= 0.6 is 0 Å². The van der Waals surface area contributed by atoms with Gasteiger partial charge in [0.2, 0.25) is 0 Å². The van der Waals surface area contributed by atoms with Gasteiger partial charge in [-0.15, -0.1) is 0 Å². The predicted octanol–water partition coefficient (Wildman–Crippen LogP) is -0.359. The normalized spacial score (nSPS) is 8.25. The molecule has 0 aromatic carbocycles. The van der Waals surface area contributed by atoms with Crippen LogP contribution in [0.3, 0.4) is 0 Å². The Morgan fingerprint density at radius 2 is 1.00 bits per heavy atom. The van der Waals surface area contributed by atoms with Crippen LogP contribution in [0.5, 0.6) is 0 Å². The molecule has 27 valence electrons. The molecule has 0 bridgehead atoms. The zero-order valence-corrected chi connectivity index (χ0v) is 3.95. The summed E-state index contributed by atoms with van der Waals surface area (Å²) in [6.07, 6.45) is 0. The molecule has 0 radical (unpaired) electrons. The van der Waals surface area contributed by atoms with E-state index in [1.54, 1.807) is 0 Å². The molecule has 0 saturated heterocycles. The third kappa shape index (κ3) is 927. The van der Waals surface area contributed by atoms with Gasteiger partial charge in [-0.3, -0.25) is 0 Å². The Kier molecular flexibility index (Phi) is 1.39. The summed E-state index contributed by atoms with van der Waals surface area (Å²) < 4.78 is 25.8. The van der Waals surface area contributed by atoms with E-state index in [0.29, 0.717) is 0 Å². The van der Waals surface area contributed by atoms with Crippen LogP contribution in [0.25, 0.3) is 0 Å². The average Bonchev–Trinajstić information content (AvgIpc) is 0.811. The Morgan fingerprint density at radius 3 is 1.00 bits per heavy atom. The van der Waals surface area contributed by atoms with Crippen molar-refractivity contribution in [1.29, 1.82) is 0 Å². The summed E-state index contributed by atoms with van der Waals surface area (Å²) in [5.41, 5.74) is 0. The van der Waals surface area contributed by atoms with E-state index in [1.165, 1.54) is 0 Å². The molecular formula is IrO3. The van der Waals surface area contributed by atoms with E-state index in [-0.39, 0.29) is 0 Å². The summed E-state index contributed by atoms with van der Waals surface area (Å²) in [4.78, 5) is 0. The van der Waals surface area contributed by atoms with Crippen LogP contribution in [0.2, 0.25) is 0 Å². The van der Waals surface area contributed by atoms with Crippen LogP contribution in [-0.2, 0) is 26.9 Å². The van der Waals surface area contributed by atoms with Crippen molar-refractivity contribution in [3.8, 4) is 0 Å². The second-order valence-corrected chi connectivity index (χ2v) is 1.36. The Bertz CT molecular complexity index is 72.7. The van der Waals surface area contributed by atoms with Crippen LogP contribution in [-0.4, -0.2) is 0 Å². The zero-order chi connectivity index (χ0) is 3.58. The van der Waals surface area contributed by atoms with Crippen LogP contribution < -0.4 is 0 Å². The van der Waals surface area contributed by atoms with Crippen molar-refractivity contribution in [2.24, 2.45) is 0 Å². The molecule has 0 amide bonds. The second-order valence-electron chi connectivity index (χ2n) is 0.167. The third-order valence-corrected chi connectivity index (χ3v) is 0. The van der Waals surface area contributed by atoms with Gasteiger partial charge in [0.25, 0.3) is 0 Å². The molecule has 0 rings (SSSR count). The zero-order valence-electron chi connectivity index (χ0n) is 1.56. The summed E-state index contributed by atoms with van der Waals surface area (Å²) in [6.45, 7) is 0. The van der Waals surface area contributed by atoms with E-state index in [9.17, 15) is 0 Å². The van der Waals surface area contributed by atoms with Crippen LogP contribution in [0.15, 0.2) is 0 Å². The summed E-state index contributed by atoms with van der Waals surface area (Å²) in [5.74, 6) is 0. The molecule has 4 heteroatoms. The fourth-order valence-corrected chi connectivity index (χ4v) is 0. The maximum absolute atomic E-state index is 8.58.